The number of carboxylic acids is 1. The normalized spacial score (nSPS) is 13.7. The Morgan fingerprint density at radius 2 is 2.17 bits per heavy atom. The zero-order chi connectivity index (χ0) is 13.8. The molecule has 6 heteroatoms. The molecule has 2 N–H and O–H groups in total. The molecule has 0 fully saturated rings. The van der Waals surface area contributed by atoms with Crippen LogP contribution in [0.25, 0.3) is 0 Å². The highest BCUT2D eigenvalue weighted by molar-refractivity contribution is 9.10. The van der Waals surface area contributed by atoms with Crippen molar-refractivity contribution >= 4 is 27.8 Å². The lowest BCUT2D eigenvalue weighted by atomic mass is 10.0. The second kappa shape index (κ2) is 5.97. The summed E-state index contributed by atoms with van der Waals surface area (Å²) in [5.74, 6) is -1.61. The van der Waals surface area contributed by atoms with Crippen LogP contribution in [0.1, 0.15) is 17.3 Å². The van der Waals surface area contributed by atoms with Crippen LogP contribution in [0.4, 0.5) is 0 Å². The molecule has 0 radical (unpaired) electrons. The van der Waals surface area contributed by atoms with Crippen molar-refractivity contribution in [2.75, 3.05) is 13.7 Å². The number of halogens is 1. The third-order valence-corrected chi connectivity index (χ3v) is 2.87. The van der Waals surface area contributed by atoms with Crippen LogP contribution in [-0.4, -0.2) is 36.2 Å². The maximum atomic E-state index is 11.9. The first kappa shape index (κ1) is 14.7. The number of hydrogen-bond donors (Lipinski definition) is 2. The quantitative estimate of drug-likeness (QED) is 0.866. The van der Waals surface area contributed by atoms with E-state index in [1.807, 2.05) is 0 Å². The lowest BCUT2D eigenvalue weighted by Crippen LogP contribution is -2.55. The molecule has 5 nitrogen and oxygen atoms in total. The molecule has 1 unspecified atom stereocenters. The summed E-state index contributed by atoms with van der Waals surface area (Å²) in [4.78, 5) is 23.1. The first-order chi connectivity index (χ1) is 8.39. The lowest BCUT2D eigenvalue weighted by molar-refractivity contribution is -0.145. The second-order valence-electron chi connectivity index (χ2n) is 4.03. The number of aliphatic carboxylic acids is 1. The minimum absolute atomic E-state index is 0.109. The summed E-state index contributed by atoms with van der Waals surface area (Å²) in [7, 11) is 1.38. The molecule has 0 aliphatic rings. The Balaban J connectivity index is 2.88. The van der Waals surface area contributed by atoms with Gasteiger partial charge in [-0.25, -0.2) is 4.79 Å². The van der Waals surface area contributed by atoms with Crippen molar-refractivity contribution in [1.82, 2.24) is 5.32 Å². The van der Waals surface area contributed by atoms with Crippen LogP contribution in [0.5, 0.6) is 0 Å². The number of benzene rings is 1. The Morgan fingerprint density at radius 3 is 2.67 bits per heavy atom. The number of nitrogens with one attached hydrogen (secondary N) is 1. The summed E-state index contributed by atoms with van der Waals surface area (Å²) in [5, 5.41) is 11.6. The zero-order valence-electron chi connectivity index (χ0n) is 10.1. The molecular formula is C12H14BrNO4. The molecule has 0 bridgehead atoms. The summed E-state index contributed by atoms with van der Waals surface area (Å²) in [6.45, 7) is 1.29. The molecule has 1 atom stereocenters. The largest absolute Gasteiger partial charge is 0.479 e. The van der Waals surface area contributed by atoms with E-state index in [1.54, 1.807) is 24.3 Å². The molecular weight excluding hydrogens is 302 g/mol. The molecule has 1 aromatic rings. The maximum absolute atomic E-state index is 11.9. The van der Waals surface area contributed by atoms with E-state index < -0.39 is 17.4 Å². The molecule has 0 saturated heterocycles. The highest BCUT2D eigenvalue weighted by atomic mass is 79.9. The number of carbonyl (C=O) groups excluding carboxylic acids is 1. The fourth-order valence-corrected chi connectivity index (χ4v) is 1.79. The predicted octanol–water partition coefficient (Wildman–Crippen LogP) is 1.67. The van der Waals surface area contributed by atoms with Crippen LogP contribution >= 0.6 is 15.9 Å². The van der Waals surface area contributed by atoms with Crippen LogP contribution in [0, 0.1) is 0 Å². The molecule has 0 spiro atoms. The van der Waals surface area contributed by atoms with E-state index in [1.165, 1.54) is 14.0 Å². The Hall–Kier alpha value is -1.40. The number of carbonyl (C=O) groups is 2. The van der Waals surface area contributed by atoms with Gasteiger partial charge in [-0.2, -0.15) is 0 Å². The summed E-state index contributed by atoms with van der Waals surface area (Å²) in [6, 6.07) is 6.70. The molecule has 0 aliphatic heterocycles. The van der Waals surface area contributed by atoms with E-state index in [4.69, 9.17) is 9.84 Å². The monoisotopic (exact) mass is 315 g/mol. The molecule has 0 aromatic heterocycles. The van der Waals surface area contributed by atoms with Crippen LogP contribution in [0.15, 0.2) is 28.7 Å². The third-order valence-electron chi connectivity index (χ3n) is 2.38. The highest BCUT2D eigenvalue weighted by Gasteiger charge is 2.35. The van der Waals surface area contributed by atoms with Gasteiger partial charge < -0.3 is 15.2 Å². The first-order valence-corrected chi connectivity index (χ1v) is 5.99. The van der Waals surface area contributed by atoms with Gasteiger partial charge in [0, 0.05) is 17.1 Å². The zero-order valence-corrected chi connectivity index (χ0v) is 11.7. The van der Waals surface area contributed by atoms with E-state index in [0.717, 1.165) is 4.47 Å². The summed E-state index contributed by atoms with van der Waals surface area (Å²) in [6.07, 6.45) is 0. The van der Waals surface area contributed by atoms with Crippen molar-refractivity contribution in [2.45, 2.75) is 12.5 Å². The minimum atomic E-state index is -1.45. The van der Waals surface area contributed by atoms with Crippen molar-refractivity contribution in [3.8, 4) is 0 Å². The van der Waals surface area contributed by atoms with Gasteiger partial charge in [0.15, 0.2) is 5.54 Å². The van der Waals surface area contributed by atoms with Gasteiger partial charge in [-0.3, -0.25) is 4.79 Å². The number of ether oxygens (including phenoxy) is 1. The Bertz CT molecular complexity index is 463. The average Bonchev–Trinajstić information content (AvgIpc) is 2.29. The Morgan fingerprint density at radius 1 is 1.50 bits per heavy atom. The van der Waals surface area contributed by atoms with E-state index >= 15 is 0 Å². The van der Waals surface area contributed by atoms with E-state index in [9.17, 15) is 9.59 Å². The number of rotatable bonds is 5. The third kappa shape index (κ3) is 3.54. The smallest absolute Gasteiger partial charge is 0.331 e. The minimum Gasteiger partial charge on any atom is -0.479 e. The van der Waals surface area contributed by atoms with Gasteiger partial charge >= 0.3 is 5.97 Å². The first-order valence-electron chi connectivity index (χ1n) is 5.19. The van der Waals surface area contributed by atoms with Crippen molar-refractivity contribution < 1.29 is 19.4 Å². The van der Waals surface area contributed by atoms with Gasteiger partial charge in [0.05, 0.1) is 6.61 Å². The van der Waals surface area contributed by atoms with Crippen molar-refractivity contribution in [3.63, 3.8) is 0 Å². The van der Waals surface area contributed by atoms with Crippen molar-refractivity contribution in [3.05, 3.63) is 34.3 Å². The fraction of sp³-hybridized carbons (Fsp3) is 0.333. The number of hydrogen-bond acceptors (Lipinski definition) is 3. The number of amides is 1. The lowest BCUT2D eigenvalue weighted by Gasteiger charge is -2.25. The van der Waals surface area contributed by atoms with Gasteiger partial charge in [-0.15, -0.1) is 0 Å². The van der Waals surface area contributed by atoms with E-state index in [0.29, 0.717) is 5.56 Å². The van der Waals surface area contributed by atoms with Gasteiger partial charge in [0.25, 0.3) is 5.91 Å². The molecule has 18 heavy (non-hydrogen) atoms. The standard InChI is InChI=1S/C12H14BrNO4/c1-12(7-18-2,11(16)17)14-10(15)8-4-3-5-9(13)6-8/h3-6H,7H2,1-2H3,(H,14,15)(H,16,17). The van der Waals surface area contributed by atoms with Crippen LogP contribution in [0.3, 0.4) is 0 Å². The second-order valence-corrected chi connectivity index (χ2v) is 4.95. The van der Waals surface area contributed by atoms with Gasteiger partial charge in [0.1, 0.15) is 0 Å². The molecule has 1 aromatic carbocycles. The van der Waals surface area contributed by atoms with Crippen LogP contribution in [0.2, 0.25) is 0 Å². The average molecular weight is 316 g/mol. The Labute approximate surface area is 113 Å². The van der Waals surface area contributed by atoms with Crippen LogP contribution < -0.4 is 5.32 Å². The number of carboxylic acid groups (broad SMARTS) is 1. The molecule has 0 aliphatic carbocycles. The van der Waals surface area contributed by atoms with Gasteiger partial charge in [-0.05, 0) is 25.1 Å². The van der Waals surface area contributed by atoms with Crippen molar-refractivity contribution in [2.24, 2.45) is 0 Å². The molecule has 1 amide bonds. The Kier molecular flexibility index (Phi) is 4.86. The topological polar surface area (TPSA) is 75.6 Å². The summed E-state index contributed by atoms with van der Waals surface area (Å²) >= 11 is 3.25. The SMILES string of the molecule is COCC(C)(NC(=O)c1cccc(Br)c1)C(=O)O. The summed E-state index contributed by atoms with van der Waals surface area (Å²) in [5.41, 5.74) is -1.07. The molecule has 98 valence electrons. The molecule has 0 heterocycles. The fourth-order valence-electron chi connectivity index (χ4n) is 1.39. The maximum Gasteiger partial charge on any atom is 0.331 e. The van der Waals surface area contributed by atoms with Gasteiger partial charge in [-0.1, -0.05) is 22.0 Å². The van der Waals surface area contributed by atoms with Gasteiger partial charge in [0.2, 0.25) is 0 Å². The predicted molar refractivity (Wildman–Crippen MR) is 69.5 cm³/mol. The summed E-state index contributed by atoms with van der Waals surface area (Å²) < 4.78 is 5.57. The van der Waals surface area contributed by atoms with Crippen molar-refractivity contribution in [1.29, 1.82) is 0 Å². The molecule has 0 saturated carbocycles. The van der Waals surface area contributed by atoms with E-state index in [-0.39, 0.29) is 6.61 Å². The van der Waals surface area contributed by atoms with E-state index in [2.05, 4.69) is 21.2 Å². The molecule has 1 rings (SSSR count). The number of methoxy groups -OCH3 is 1. The highest BCUT2D eigenvalue weighted by Crippen LogP contribution is 2.13. The van der Waals surface area contributed by atoms with Crippen LogP contribution in [-0.2, 0) is 9.53 Å².